The highest BCUT2D eigenvalue weighted by molar-refractivity contribution is 9.10. The normalized spacial score (nSPS) is 10.5. The highest BCUT2D eigenvalue weighted by Gasteiger charge is 2.11. The number of hydrogen-bond acceptors (Lipinski definition) is 3. The quantitative estimate of drug-likeness (QED) is 0.443. The molecule has 0 unspecified atom stereocenters. The molecule has 27 heavy (non-hydrogen) atoms. The molecule has 0 saturated heterocycles. The molecule has 140 valence electrons. The van der Waals surface area contributed by atoms with Crippen molar-refractivity contribution >= 4 is 33.2 Å². The van der Waals surface area contributed by atoms with E-state index in [1.54, 1.807) is 7.11 Å². The second kappa shape index (κ2) is 9.16. The largest absolute Gasteiger partial charge is 0.493 e. The van der Waals surface area contributed by atoms with Crippen LogP contribution in [0.4, 0.5) is 5.69 Å². The first-order valence-electron chi connectivity index (χ1n) is 8.59. The van der Waals surface area contributed by atoms with E-state index in [1.807, 2.05) is 36.4 Å². The van der Waals surface area contributed by atoms with Gasteiger partial charge in [-0.05, 0) is 54.4 Å². The summed E-state index contributed by atoms with van der Waals surface area (Å²) in [7, 11) is 1.65. The fourth-order valence-corrected chi connectivity index (χ4v) is 3.32. The molecule has 0 bridgehead atoms. The van der Waals surface area contributed by atoms with Crippen molar-refractivity contribution < 1.29 is 9.47 Å². The van der Waals surface area contributed by atoms with Crippen molar-refractivity contribution in [2.75, 3.05) is 12.4 Å². The fourth-order valence-electron chi connectivity index (χ4n) is 2.64. The zero-order chi connectivity index (χ0) is 19.2. The predicted octanol–water partition coefficient (Wildman–Crippen LogP) is 6.61. The third kappa shape index (κ3) is 5.41. The van der Waals surface area contributed by atoms with Crippen LogP contribution in [0.1, 0.15) is 16.7 Å². The summed E-state index contributed by atoms with van der Waals surface area (Å²) in [6, 6.07) is 19.9. The summed E-state index contributed by atoms with van der Waals surface area (Å²) in [5, 5.41) is 4.12. The maximum absolute atomic E-state index is 6.03. The van der Waals surface area contributed by atoms with E-state index in [9.17, 15) is 0 Å². The van der Waals surface area contributed by atoms with Gasteiger partial charge in [0.15, 0.2) is 11.5 Å². The van der Waals surface area contributed by atoms with Gasteiger partial charge in [0.05, 0.1) is 7.11 Å². The van der Waals surface area contributed by atoms with Crippen LogP contribution in [0, 0.1) is 6.92 Å². The van der Waals surface area contributed by atoms with E-state index in [0.717, 1.165) is 21.3 Å². The standard InChI is InChI=1S/C22H21BrClNO2/c1-15-6-8-19(9-7-15)25-13-17-11-21(26-2)22(12-20(17)23)27-14-16-4-3-5-18(24)10-16/h3-12,25H,13-14H2,1-2H3. The number of nitrogens with one attached hydrogen (secondary N) is 1. The lowest BCUT2D eigenvalue weighted by molar-refractivity contribution is 0.284. The molecule has 0 aliphatic carbocycles. The molecule has 0 radical (unpaired) electrons. The third-order valence-electron chi connectivity index (χ3n) is 4.15. The predicted molar refractivity (Wildman–Crippen MR) is 115 cm³/mol. The van der Waals surface area contributed by atoms with Crippen molar-refractivity contribution in [1.29, 1.82) is 0 Å². The summed E-state index contributed by atoms with van der Waals surface area (Å²) in [5.74, 6) is 1.38. The van der Waals surface area contributed by atoms with Gasteiger partial charge in [0.2, 0.25) is 0 Å². The highest BCUT2D eigenvalue weighted by Crippen LogP contribution is 2.34. The molecule has 3 nitrogen and oxygen atoms in total. The molecule has 0 aliphatic rings. The van der Waals surface area contributed by atoms with Crippen molar-refractivity contribution in [3.63, 3.8) is 0 Å². The van der Waals surface area contributed by atoms with Gasteiger partial charge in [0.25, 0.3) is 0 Å². The van der Waals surface area contributed by atoms with Crippen molar-refractivity contribution in [2.45, 2.75) is 20.1 Å². The van der Waals surface area contributed by atoms with E-state index in [0.29, 0.717) is 29.7 Å². The molecule has 3 rings (SSSR count). The van der Waals surface area contributed by atoms with Gasteiger partial charge < -0.3 is 14.8 Å². The van der Waals surface area contributed by atoms with Gasteiger partial charge in [-0.1, -0.05) is 57.4 Å². The van der Waals surface area contributed by atoms with Crippen LogP contribution in [-0.4, -0.2) is 7.11 Å². The van der Waals surface area contributed by atoms with Crippen LogP contribution in [0.3, 0.4) is 0 Å². The number of benzene rings is 3. The lowest BCUT2D eigenvalue weighted by Crippen LogP contribution is -2.03. The Kier molecular flexibility index (Phi) is 6.64. The monoisotopic (exact) mass is 445 g/mol. The summed E-state index contributed by atoms with van der Waals surface area (Å²) in [6.45, 7) is 3.17. The van der Waals surface area contributed by atoms with Gasteiger partial charge in [-0.3, -0.25) is 0 Å². The molecular formula is C22H21BrClNO2. The second-order valence-corrected chi connectivity index (χ2v) is 7.52. The second-order valence-electron chi connectivity index (χ2n) is 6.23. The number of aryl methyl sites for hydroxylation is 1. The average Bonchev–Trinajstić information content (AvgIpc) is 2.67. The Morgan fingerprint density at radius 2 is 1.78 bits per heavy atom. The molecule has 3 aromatic carbocycles. The number of ether oxygens (including phenoxy) is 2. The summed E-state index contributed by atoms with van der Waals surface area (Å²) in [6.07, 6.45) is 0. The molecule has 0 atom stereocenters. The van der Waals surface area contributed by atoms with Gasteiger partial charge in [-0.2, -0.15) is 0 Å². The lowest BCUT2D eigenvalue weighted by Gasteiger charge is -2.15. The number of anilines is 1. The maximum Gasteiger partial charge on any atom is 0.162 e. The molecule has 0 saturated carbocycles. The van der Waals surface area contributed by atoms with Gasteiger partial charge in [0.1, 0.15) is 6.61 Å². The van der Waals surface area contributed by atoms with Crippen molar-refractivity contribution in [1.82, 2.24) is 0 Å². The maximum atomic E-state index is 6.03. The van der Waals surface area contributed by atoms with E-state index in [1.165, 1.54) is 5.56 Å². The smallest absolute Gasteiger partial charge is 0.162 e. The van der Waals surface area contributed by atoms with E-state index >= 15 is 0 Å². The van der Waals surface area contributed by atoms with Crippen molar-refractivity contribution in [3.05, 3.63) is 86.8 Å². The van der Waals surface area contributed by atoms with E-state index in [2.05, 4.69) is 52.4 Å². The van der Waals surface area contributed by atoms with Gasteiger partial charge in [0, 0.05) is 21.7 Å². The minimum absolute atomic E-state index is 0.421. The van der Waals surface area contributed by atoms with Crippen LogP contribution in [0.25, 0.3) is 0 Å². The van der Waals surface area contributed by atoms with Crippen LogP contribution < -0.4 is 14.8 Å². The molecule has 0 heterocycles. The number of methoxy groups -OCH3 is 1. The van der Waals surface area contributed by atoms with E-state index in [-0.39, 0.29) is 0 Å². The van der Waals surface area contributed by atoms with Crippen LogP contribution in [-0.2, 0) is 13.2 Å². The lowest BCUT2D eigenvalue weighted by atomic mass is 10.1. The topological polar surface area (TPSA) is 30.5 Å². The highest BCUT2D eigenvalue weighted by atomic mass is 79.9. The Hall–Kier alpha value is -2.17. The minimum atomic E-state index is 0.421. The van der Waals surface area contributed by atoms with E-state index in [4.69, 9.17) is 21.1 Å². The summed E-state index contributed by atoms with van der Waals surface area (Å²) in [4.78, 5) is 0. The average molecular weight is 447 g/mol. The Morgan fingerprint density at radius 3 is 2.48 bits per heavy atom. The third-order valence-corrected chi connectivity index (χ3v) is 5.12. The van der Waals surface area contributed by atoms with Crippen LogP contribution in [0.2, 0.25) is 5.02 Å². The molecule has 3 aromatic rings. The molecule has 0 amide bonds. The zero-order valence-corrected chi connectivity index (χ0v) is 17.6. The molecule has 5 heteroatoms. The summed E-state index contributed by atoms with van der Waals surface area (Å²) >= 11 is 9.67. The minimum Gasteiger partial charge on any atom is -0.493 e. The number of hydrogen-bond donors (Lipinski definition) is 1. The first kappa shape index (κ1) is 19.6. The first-order chi connectivity index (χ1) is 13.0. The van der Waals surface area contributed by atoms with Crippen molar-refractivity contribution in [3.8, 4) is 11.5 Å². The zero-order valence-electron chi connectivity index (χ0n) is 15.3. The van der Waals surface area contributed by atoms with Crippen LogP contribution >= 0.6 is 27.5 Å². The summed E-state index contributed by atoms with van der Waals surface area (Å²) < 4.78 is 12.4. The number of halogens is 2. The Labute approximate surface area is 173 Å². The summed E-state index contributed by atoms with van der Waals surface area (Å²) in [5.41, 5.74) is 4.41. The Bertz CT molecular complexity index is 913. The van der Waals surface area contributed by atoms with Crippen molar-refractivity contribution in [2.24, 2.45) is 0 Å². The van der Waals surface area contributed by atoms with E-state index < -0.39 is 0 Å². The molecule has 0 spiro atoms. The van der Waals surface area contributed by atoms with Crippen LogP contribution in [0.15, 0.2) is 65.1 Å². The molecule has 0 aliphatic heterocycles. The van der Waals surface area contributed by atoms with Crippen LogP contribution in [0.5, 0.6) is 11.5 Å². The molecule has 1 N–H and O–H groups in total. The molecular weight excluding hydrogens is 426 g/mol. The number of rotatable bonds is 7. The fraction of sp³-hybridized carbons (Fsp3) is 0.182. The SMILES string of the molecule is COc1cc(CNc2ccc(C)cc2)c(Br)cc1OCc1cccc(Cl)c1. The van der Waals surface area contributed by atoms with Gasteiger partial charge in [-0.15, -0.1) is 0 Å². The Balaban J connectivity index is 1.71. The first-order valence-corrected chi connectivity index (χ1v) is 9.76. The molecule has 0 fully saturated rings. The Morgan fingerprint density at radius 1 is 1.00 bits per heavy atom. The molecule has 0 aromatic heterocycles. The van der Waals surface area contributed by atoms with Gasteiger partial charge >= 0.3 is 0 Å². The van der Waals surface area contributed by atoms with Gasteiger partial charge in [-0.25, -0.2) is 0 Å².